The summed E-state index contributed by atoms with van der Waals surface area (Å²) in [6.45, 7) is 0.820. The predicted octanol–water partition coefficient (Wildman–Crippen LogP) is 3.20. The topological polar surface area (TPSA) is 21.3 Å². The third-order valence-electron chi connectivity index (χ3n) is 2.89. The molecule has 0 aliphatic carbocycles. The fourth-order valence-electron chi connectivity index (χ4n) is 1.89. The summed E-state index contributed by atoms with van der Waals surface area (Å²) in [5.41, 5.74) is 2.24. The summed E-state index contributed by atoms with van der Waals surface area (Å²) in [6, 6.07) is 18.1. The molecule has 0 fully saturated rings. The first-order chi connectivity index (χ1) is 9.31. The second-order valence-corrected chi connectivity index (χ2v) is 4.60. The van der Waals surface area contributed by atoms with Crippen molar-refractivity contribution >= 4 is 17.2 Å². The van der Waals surface area contributed by atoms with Crippen LogP contribution in [-0.2, 0) is 6.42 Å². The molecule has 0 saturated carbocycles. The van der Waals surface area contributed by atoms with Gasteiger partial charge in [-0.1, -0.05) is 54.7 Å². The Morgan fingerprint density at radius 3 is 2.47 bits per heavy atom. The average molecular weight is 271 g/mol. The molecule has 0 saturated heterocycles. The highest BCUT2D eigenvalue weighted by molar-refractivity contribution is 7.80. The summed E-state index contributed by atoms with van der Waals surface area (Å²) < 4.78 is 5.30. The monoisotopic (exact) mass is 271 g/mol. The summed E-state index contributed by atoms with van der Waals surface area (Å²) in [5.74, 6) is 0.805. The van der Waals surface area contributed by atoms with Gasteiger partial charge >= 0.3 is 0 Å². The van der Waals surface area contributed by atoms with Crippen molar-refractivity contribution in [2.45, 2.75) is 6.42 Å². The number of hydrogen-bond acceptors (Lipinski definition) is 2. The number of para-hydroxylation sites is 1. The van der Waals surface area contributed by atoms with Crippen LogP contribution in [0.4, 0.5) is 0 Å². The fraction of sp³-hybridized carbons (Fsp3) is 0.188. The maximum Gasteiger partial charge on any atom is 0.129 e. The quantitative estimate of drug-likeness (QED) is 0.844. The van der Waals surface area contributed by atoms with Crippen LogP contribution in [0, 0.1) is 0 Å². The molecule has 0 aliphatic heterocycles. The Kier molecular flexibility index (Phi) is 4.93. The summed E-state index contributed by atoms with van der Waals surface area (Å²) in [6.07, 6.45) is 0.954. The molecule has 3 heteroatoms. The molecular weight excluding hydrogens is 254 g/mol. The summed E-state index contributed by atoms with van der Waals surface area (Å²) in [4.78, 5) is 0.730. The van der Waals surface area contributed by atoms with Gasteiger partial charge in [-0.25, -0.2) is 0 Å². The zero-order valence-electron chi connectivity index (χ0n) is 10.9. The van der Waals surface area contributed by atoms with E-state index in [9.17, 15) is 0 Å². The zero-order chi connectivity index (χ0) is 13.5. The van der Waals surface area contributed by atoms with Crippen molar-refractivity contribution in [3.63, 3.8) is 0 Å². The Morgan fingerprint density at radius 1 is 1.05 bits per heavy atom. The SMILES string of the molecule is COc1ccccc1C(=S)NCCc1ccccc1. The molecule has 0 aliphatic rings. The first kappa shape index (κ1) is 13.6. The van der Waals surface area contributed by atoms with Crippen LogP contribution in [0.1, 0.15) is 11.1 Å². The van der Waals surface area contributed by atoms with Gasteiger partial charge in [-0.2, -0.15) is 0 Å². The first-order valence-electron chi connectivity index (χ1n) is 6.26. The van der Waals surface area contributed by atoms with E-state index in [0.29, 0.717) is 0 Å². The molecule has 2 rings (SSSR count). The summed E-state index contributed by atoms with van der Waals surface area (Å²) >= 11 is 5.40. The molecule has 2 aromatic rings. The Balaban J connectivity index is 1.91. The van der Waals surface area contributed by atoms with Crippen molar-refractivity contribution in [1.29, 1.82) is 0 Å². The smallest absolute Gasteiger partial charge is 0.129 e. The number of ether oxygens (including phenoxy) is 1. The van der Waals surface area contributed by atoms with Crippen LogP contribution < -0.4 is 10.1 Å². The summed E-state index contributed by atoms with van der Waals surface area (Å²) in [7, 11) is 1.66. The van der Waals surface area contributed by atoms with E-state index < -0.39 is 0 Å². The first-order valence-corrected chi connectivity index (χ1v) is 6.67. The molecule has 19 heavy (non-hydrogen) atoms. The van der Waals surface area contributed by atoms with Crippen LogP contribution in [-0.4, -0.2) is 18.6 Å². The average Bonchev–Trinajstić information content (AvgIpc) is 2.48. The lowest BCUT2D eigenvalue weighted by atomic mass is 10.1. The van der Waals surface area contributed by atoms with Crippen molar-refractivity contribution < 1.29 is 4.74 Å². The molecule has 0 amide bonds. The lowest BCUT2D eigenvalue weighted by Gasteiger charge is -2.11. The maximum absolute atomic E-state index is 5.40. The van der Waals surface area contributed by atoms with E-state index in [2.05, 4.69) is 17.4 Å². The second kappa shape index (κ2) is 6.90. The van der Waals surface area contributed by atoms with Crippen LogP contribution in [0.3, 0.4) is 0 Å². The van der Waals surface area contributed by atoms with E-state index in [1.807, 2.05) is 42.5 Å². The van der Waals surface area contributed by atoms with Crippen LogP contribution in [0.25, 0.3) is 0 Å². The van der Waals surface area contributed by atoms with Gasteiger partial charge in [-0.05, 0) is 24.1 Å². The minimum atomic E-state index is 0.730. The van der Waals surface area contributed by atoms with E-state index in [1.54, 1.807) is 7.11 Å². The minimum Gasteiger partial charge on any atom is -0.496 e. The number of rotatable bonds is 5. The number of hydrogen-bond donors (Lipinski definition) is 1. The molecule has 0 unspecified atom stereocenters. The highest BCUT2D eigenvalue weighted by Gasteiger charge is 2.06. The number of thiocarbonyl (C=S) groups is 1. The van der Waals surface area contributed by atoms with E-state index in [4.69, 9.17) is 17.0 Å². The molecule has 0 aromatic heterocycles. The van der Waals surface area contributed by atoms with Gasteiger partial charge in [-0.3, -0.25) is 0 Å². The Labute approximate surface area is 119 Å². The third-order valence-corrected chi connectivity index (χ3v) is 3.26. The van der Waals surface area contributed by atoms with Crippen LogP contribution >= 0.6 is 12.2 Å². The zero-order valence-corrected chi connectivity index (χ0v) is 11.7. The lowest BCUT2D eigenvalue weighted by molar-refractivity contribution is 0.414. The van der Waals surface area contributed by atoms with Crippen molar-refractivity contribution in [1.82, 2.24) is 5.32 Å². The molecule has 0 spiro atoms. The van der Waals surface area contributed by atoms with E-state index in [0.717, 1.165) is 29.3 Å². The maximum atomic E-state index is 5.40. The standard InChI is InChI=1S/C16H17NOS/c1-18-15-10-6-5-9-14(15)16(19)17-12-11-13-7-3-2-4-8-13/h2-10H,11-12H2,1H3,(H,17,19). The van der Waals surface area contributed by atoms with Crippen LogP contribution in [0.15, 0.2) is 54.6 Å². The molecule has 0 heterocycles. The largest absolute Gasteiger partial charge is 0.496 e. The molecule has 0 radical (unpaired) electrons. The highest BCUT2D eigenvalue weighted by Crippen LogP contribution is 2.17. The van der Waals surface area contributed by atoms with Crippen molar-refractivity contribution in [3.8, 4) is 5.75 Å². The minimum absolute atomic E-state index is 0.730. The molecule has 2 nitrogen and oxygen atoms in total. The van der Waals surface area contributed by atoms with E-state index in [-0.39, 0.29) is 0 Å². The van der Waals surface area contributed by atoms with E-state index in [1.165, 1.54) is 5.56 Å². The van der Waals surface area contributed by atoms with Gasteiger partial charge in [0.1, 0.15) is 10.7 Å². The van der Waals surface area contributed by atoms with Gasteiger partial charge in [0.2, 0.25) is 0 Å². The third kappa shape index (κ3) is 3.80. The van der Waals surface area contributed by atoms with Crippen LogP contribution in [0.2, 0.25) is 0 Å². The number of nitrogens with one attached hydrogen (secondary N) is 1. The molecule has 2 aromatic carbocycles. The van der Waals surface area contributed by atoms with Crippen LogP contribution in [0.5, 0.6) is 5.75 Å². The highest BCUT2D eigenvalue weighted by atomic mass is 32.1. The predicted molar refractivity (Wildman–Crippen MR) is 82.8 cm³/mol. The van der Waals surface area contributed by atoms with E-state index >= 15 is 0 Å². The van der Waals surface area contributed by atoms with Gasteiger partial charge in [0.15, 0.2) is 0 Å². The molecular formula is C16H17NOS. The summed E-state index contributed by atoms with van der Waals surface area (Å²) in [5, 5.41) is 3.27. The van der Waals surface area contributed by atoms with Gasteiger partial charge < -0.3 is 10.1 Å². The number of benzene rings is 2. The molecule has 0 bridgehead atoms. The van der Waals surface area contributed by atoms with Crippen molar-refractivity contribution in [2.24, 2.45) is 0 Å². The lowest BCUT2D eigenvalue weighted by Crippen LogP contribution is -2.25. The van der Waals surface area contributed by atoms with Crippen molar-refractivity contribution in [3.05, 3.63) is 65.7 Å². The van der Waals surface area contributed by atoms with Crippen molar-refractivity contribution in [2.75, 3.05) is 13.7 Å². The van der Waals surface area contributed by atoms with Gasteiger partial charge in [0, 0.05) is 6.54 Å². The molecule has 98 valence electrons. The Bertz CT molecular complexity index is 539. The fourth-order valence-corrected chi connectivity index (χ4v) is 2.16. The normalized spacial score (nSPS) is 9.95. The van der Waals surface area contributed by atoms with Gasteiger partial charge in [0.05, 0.1) is 12.7 Å². The molecule has 1 N–H and O–H groups in total. The Morgan fingerprint density at radius 2 is 1.74 bits per heavy atom. The Hall–Kier alpha value is -1.87. The molecule has 0 atom stereocenters. The second-order valence-electron chi connectivity index (χ2n) is 4.19. The number of methoxy groups -OCH3 is 1. The van der Waals surface area contributed by atoms with Gasteiger partial charge in [0.25, 0.3) is 0 Å². The van der Waals surface area contributed by atoms with Gasteiger partial charge in [-0.15, -0.1) is 0 Å².